The number of nitrogens with zero attached hydrogens (tertiary/aromatic N) is 2. The second-order valence-corrected chi connectivity index (χ2v) is 8.51. The average Bonchev–Trinajstić information content (AvgIpc) is 2.86. The highest BCUT2D eigenvalue weighted by molar-refractivity contribution is 5.93. The third-order valence-corrected chi connectivity index (χ3v) is 5.83. The molecule has 0 fully saturated rings. The van der Waals surface area contributed by atoms with Crippen molar-refractivity contribution in [1.29, 1.82) is 0 Å². The van der Waals surface area contributed by atoms with Crippen molar-refractivity contribution < 1.29 is 19.2 Å². The van der Waals surface area contributed by atoms with Gasteiger partial charge in [0.25, 0.3) is 11.5 Å². The number of carboxylic acids is 1. The molecule has 1 aromatic heterocycles. The number of aromatic amines is 1. The molecule has 0 radical (unpaired) electrons. The van der Waals surface area contributed by atoms with Crippen molar-refractivity contribution in [2.24, 2.45) is 5.92 Å². The van der Waals surface area contributed by atoms with E-state index in [1.54, 1.807) is 36.4 Å². The first kappa shape index (κ1) is 25.8. The van der Waals surface area contributed by atoms with Crippen molar-refractivity contribution in [3.05, 3.63) is 82.3 Å². The molecule has 1 unspecified atom stereocenters. The van der Waals surface area contributed by atoms with Crippen molar-refractivity contribution in [3.8, 4) is 0 Å². The number of carbonyl (C=O) groups is 2. The van der Waals surface area contributed by atoms with Crippen LogP contribution in [-0.4, -0.2) is 27.2 Å². The van der Waals surface area contributed by atoms with Crippen LogP contribution in [0.15, 0.2) is 65.5 Å². The molecule has 0 saturated carbocycles. The summed E-state index contributed by atoms with van der Waals surface area (Å²) in [7, 11) is 0. The SMILES string of the molecule is CCCCCC=CCC(CC(=O)N(F)c1cccc(Cc2n[nH]c(=O)c3ccccc23)c1)C(=O)O. The predicted molar refractivity (Wildman–Crippen MR) is 134 cm³/mol. The highest BCUT2D eigenvalue weighted by Gasteiger charge is 2.25. The average molecular weight is 480 g/mol. The van der Waals surface area contributed by atoms with E-state index in [1.165, 1.54) is 12.1 Å². The van der Waals surface area contributed by atoms with E-state index in [0.29, 0.717) is 28.5 Å². The number of anilines is 1. The number of carbonyl (C=O) groups excluding carboxylic acids is 1. The van der Waals surface area contributed by atoms with Gasteiger partial charge in [0.2, 0.25) is 0 Å². The number of halogens is 1. The minimum Gasteiger partial charge on any atom is -0.481 e. The third-order valence-electron chi connectivity index (χ3n) is 5.83. The molecule has 1 atom stereocenters. The Balaban J connectivity index is 1.68. The van der Waals surface area contributed by atoms with E-state index < -0.39 is 24.2 Å². The number of nitrogens with one attached hydrogen (secondary N) is 1. The zero-order valence-electron chi connectivity index (χ0n) is 19.7. The van der Waals surface area contributed by atoms with Crippen molar-refractivity contribution in [1.82, 2.24) is 10.2 Å². The number of unbranched alkanes of at least 4 members (excludes halogenated alkanes) is 3. The zero-order chi connectivity index (χ0) is 25.2. The summed E-state index contributed by atoms with van der Waals surface area (Å²) in [6, 6.07) is 13.4. The number of aliphatic carboxylic acids is 1. The molecule has 0 spiro atoms. The zero-order valence-corrected chi connectivity index (χ0v) is 19.7. The van der Waals surface area contributed by atoms with Crippen molar-refractivity contribution in [2.75, 3.05) is 5.12 Å². The van der Waals surface area contributed by atoms with Gasteiger partial charge in [-0.1, -0.05) is 66.7 Å². The molecule has 1 amide bonds. The third kappa shape index (κ3) is 7.09. The molecule has 0 aliphatic rings. The molecular formula is C27H30FN3O4. The molecular weight excluding hydrogens is 449 g/mol. The Labute approximate surface area is 203 Å². The molecule has 3 aromatic rings. The van der Waals surface area contributed by atoms with Gasteiger partial charge >= 0.3 is 5.97 Å². The smallest absolute Gasteiger partial charge is 0.307 e. The van der Waals surface area contributed by atoms with E-state index in [4.69, 9.17) is 0 Å². The van der Waals surface area contributed by atoms with Crippen LogP contribution in [-0.2, 0) is 16.0 Å². The minimum absolute atomic E-state index is 0.00278. The Morgan fingerprint density at radius 3 is 2.63 bits per heavy atom. The Morgan fingerprint density at radius 2 is 1.89 bits per heavy atom. The van der Waals surface area contributed by atoms with Crippen LogP contribution < -0.4 is 10.7 Å². The van der Waals surface area contributed by atoms with Gasteiger partial charge in [-0.25, -0.2) is 5.10 Å². The fraction of sp³-hybridized carbons (Fsp3) is 0.333. The van der Waals surface area contributed by atoms with Gasteiger partial charge in [-0.05, 0) is 43.0 Å². The fourth-order valence-corrected chi connectivity index (χ4v) is 3.89. The molecule has 0 saturated heterocycles. The maximum atomic E-state index is 14.9. The van der Waals surface area contributed by atoms with Crippen LogP contribution in [0.4, 0.5) is 10.2 Å². The molecule has 35 heavy (non-hydrogen) atoms. The number of hydrogen-bond donors (Lipinski definition) is 2. The lowest BCUT2D eigenvalue weighted by atomic mass is 10.00. The molecule has 0 aliphatic carbocycles. The second-order valence-electron chi connectivity index (χ2n) is 8.51. The van der Waals surface area contributed by atoms with Gasteiger partial charge in [0.05, 0.1) is 22.7 Å². The quantitative estimate of drug-likeness (QED) is 0.207. The molecule has 2 N–H and O–H groups in total. The monoisotopic (exact) mass is 479 g/mol. The van der Waals surface area contributed by atoms with Gasteiger partial charge in [-0.3, -0.25) is 14.4 Å². The summed E-state index contributed by atoms with van der Waals surface area (Å²) in [5.74, 6) is -3.04. The van der Waals surface area contributed by atoms with Crippen LogP contribution in [0.2, 0.25) is 0 Å². The molecule has 2 aromatic carbocycles. The number of rotatable bonds is 12. The summed E-state index contributed by atoms with van der Waals surface area (Å²) in [5.41, 5.74) is 1.03. The highest BCUT2D eigenvalue weighted by Crippen LogP contribution is 2.23. The maximum absolute atomic E-state index is 14.9. The van der Waals surface area contributed by atoms with E-state index in [-0.39, 0.29) is 22.8 Å². The van der Waals surface area contributed by atoms with Crippen LogP contribution in [0.25, 0.3) is 10.8 Å². The fourth-order valence-electron chi connectivity index (χ4n) is 3.89. The molecule has 0 aliphatic heterocycles. The normalized spacial score (nSPS) is 12.2. The van der Waals surface area contributed by atoms with Crippen LogP contribution in [0, 0.1) is 5.92 Å². The van der Waals surface area contributed by atoms with Crippen molar-refractivity contribution in [3.63, 3.8) is 0 Å². The highest BCUT2D eigenvalue weighted by atomic mass is 19.2. The van der Waals surface area contributed by atoms with Gasteiger partial charge in [0, 0.05) is 18.2 Å². The molecule has 1 heterocycles. The van der Waals surface area contributed by atoms with E-state index in [2.05, 4.69) is 17.1 Å². The van der Waals surface area contributed by atoms with Crippen LogP contribution >= 0.6 is 0 Å². The summed E-state index contributed by atoms with van der Waals surface area (Å²) in [4.78, 5) is 36.1. The van der Waals surface area contributed by atoms with E-state index in [0.717, 1.165) is 25.7 Å². The van der Waals surface area contributed by atoms with Gasteiger partial charge < -0.3 is 5.11 Å². The lowest BCUT2D eigenvalue weighted by Crippen LogP contribution is -2.27. The summed E-state index contributed by atoms with van der Waals surface area (Å²) in [6.07, 6.45) is 7.81. The molecule has 184 valence electrons. The Bertz CT molecular complexity index is 1250. The summed E-state index contributed by atoms with van der Waals surface area (Å²) >= 11 is 0. The number of aromatic nitrogens is 2. The summed E-state index contributed by atoms with van der Waals surface area (Å²) in [6.45, 7) is 2.11. The number of hydrogen-bond acceptors (Lipinski definition) is 4. The van der Waals surface area contributed by atoms with Gasteiger partial charge in [-0.2, -0.15) is 5.10 Å². The first-order chi connectivity index (χ1) is 16.9. The van der Waals surface area contributed by atoms with Gasteiger partial charge in [0.15, 0.2) is 0 Å². The lowest BCUT2D eigenvalue weighted by Gasteiger charge is -2.16. The molecule has 3 rings (SSSR count). The number of amides is 1. The summed E-state index contributed by atoms with van der Waals surface area (Å²) < 4.78 is 14.9. The minimum atomic E-state index is -1.13. The van der Waals surface area contributed by atoms with Crippen molar-refractivity contribution >= 4 is 28.3 Å². The number of allylic oxidation sites excluding steroid dienone is 2. The predicted octanol–water partition coefficient (Wildman–Crippen LogP) is 5.35. The lowest BCUT2D eigenvalue weighted by molar-refractivity contribution is -0.143. The number of benzene rings is 2. The van der Waals surface area contributed by atoms with Gasteiger partial charge in [0.1, 0.15) is 0 Å². The Hall–Kier alpha value is -3.81. The topological polar surface area (TPSA) is 103 Å². The molecule has 0 bridgehead atoms. The summed E-state index contributed by atoms with van der Waals surface area (Å²) in [5, 5.41) is 17.3. The maximum Gasteiger partial charge on any atom is 0.307 e. The van der Waals surface area contributed by atoms with Gasteiger partial charge in [-0.15, -0.1) is 5.12 Å². The van der Waals surface area contributed by atoms with E-state index in [9.17, 15) is 24.0 Å². The van der Waals surface area contributed by atoms with Crippen molar-refractivity contribution in [2.45, 2.75) is 51.9 Å². The first-order valence-corrected chi connectivity index (χ1v) is 11.8. The van der Waals surface area contributed by atoms with Crippen LogP contribution in [0.5, 0.6) is 0 Å². The van der Waals surface area contributed by atoms with E-state index in [1.807, 2.05) is 12.1 Å². The van der Waals surface area contributed by atoms with Crippen LogP contribution in [0.3, 0.4) is 0 Å². The Kier molecular flexibility index (Phi) is 9.29. The number of fused-ring (bicyclic) bond motifs is 1. The Morgan fingerprint density at radius 1 is 1.11 bits per heavy atom. The number of carboxylic acid groups (broad SMARTS) is 1. The van der Waals surface area contributed by atoms with E-state index >= 15 is 0 Å². The largest absolute Gasteiger partial charge is 0.481 e. The van der Waals surface area contributed by atoms with Crippen LogP contribution in [0.1, 0.15) is 56.7 Å². The number of H-pyrrole nitrogens is 1. The molecule has 8 heteroatoms. The first-order valence-electron chi connectivity index (χ1n) is 11.8. The standard InChI is InChI=1S/C27H30FN3O4/c1-2-3-4-5-6-7-12-20(27(34)35)18-25(32)31(28)21-13-10-11-19(16-21)17-24-22-14-8-9-15-23(22)26(33)30-29-24/h6-11,13-16,20H,2-5,12,17-18H2,1H3,(H,30,33)(H,34,35). The second kappa shape index (κ2) is 12.6. The molecule has 7 nitrogen and oxygen atoms in total.